The Morgan fingerprint density at radius 3 is 2.49 bits per heavy atom. The maximum absolute atomic E-state index is 15.1. The van der Waals surface area contributed by atoms with Gasteiger partial charge in [-0.05, 0) is 63.5 Å². The van der Waals surface area contributed by atoms with Crippen LogP contribution in [-0.2, 0) is 30.8 Å². The summed E-state index contributed by atoms with van der Waals surface area (Å²) < 4.78 is 63.3. The Hall–Kier alpha value is -3.46. The minimum Gasteiger partial charge on any atom is -0.471 e. The highest BCUT2D eigenvalue weighted by Crippen LogP contribution is 2.51. The Kier molecular flexibility index (Phi) is 8.69. The molecule has 4 N–H and O–H groups in total. The number of nitrogens with zero attached hydrogens (tertiary/aromatic N) is 3. The van der Waals surface area contributed by atoms with Crippen molar-refractivity contribution in [1.82, 2.24) is 24.9 Å². The van der Waals surface area contributed by atoms with Gasteiger partial charge >= 0.3 is 0 Å². The molecule has 0 bridgehead atoms. The van der Waals surface area contributed by atoms with Crippen molar-refractivity contribution in [3.8, 4) is 5.88 Å². The molecular weight excluding hydrogens is 634 g/mol. The van der Waals surface area contributed by atoms with Gasteiger partial charge in [0.25, 0.3) is 5.91 Å². The van der Waals surface area contributed by atoms with Crippen LogP contribution >= 0.6 is 0 Å². The van der Waals surface area contributed by atoms with Crippen LogP contribution in [0.1, 0.15) is 83.7 Å². The van der Waals surface area contributed by atoms with Crippen LogP contribution in [0.3, 0.4) is 0 Å². The molecule has 0 spiro atoms. The van der Waals surface area contributed by atoms with E-state index < -0.39 is 80.9 Å². The van der Waals surface area contributed by atoms with E-state index in [2.05, 4.69) is 20.0 Å². The first-order valence-corrected chi connectivity index (χ1v) is 17.9. The van der Waals surface area contributed by atoms with E-state index in [9.17, 15) is 22.8 Å². The predicted octanol–water partition coefficient (Wildman–Crippen LogP) is 2.73. The Balaban J connectivity index is 1.29. The molecule has 5 atom stereocenters. The summed E-state index contributed by atoms with van der Waals surface area (Å²) in [6.45, 7) is 3.41. The molecule has 2 aliphatic heterocycles. The highest BCUT2D eigenvalue weighted by atomic mass is 32.2. The summed E-state index contributed by atoms with van der Waals surface area (Å²) in [4.78, 5) is 51.9. The van der Waals surface area contributed by atoms with Crippen LogP contribution in [0, 0.1) is 5.92 Å². The van der Waals surface area contributed by atoms with Crippen LogP contribution in [0.4, 0.5) is 8.78 Å². The summed E-state index contributed by atoms with van der Waals surface area (Å²) in [7, 11) is -4.11. The molecule has 47 heavy (non-hydrogen) atoms. The number of ether oxygens (including phenoxy) is 1. The molecule has 12 nitrogen and oxygen atoms in total. The second-order valence-electron chi connectivity index (χ2n) is 13.8. The fourth-order valence-corrected chi connectivity index (χ4v) is 8.06. The van der Waals surface area contributed by atoms with Crippen molar-refractivity contribution in [2.24, 2.45) is 11.7 Å². The molecule has 2 aromatic rings. The topological polar surface area (TPSA) is 174 Å². The summed E-state index contributed by atoms with van der Waals surface area (Å²) in [6.07, 6.45) is 0.604. The van der Waals surface area contributed by atoms with Crippen molar-refractivity contribution in [2.45, 2.75) is 119 Å². The van der Waals surface area contributed by atoms with Crippen molar-refractivity contribution < 1.29 is 36.3 Å². The molecule has 3 heterocycles. The number of rotatable bonds is 6. The molecule has 1 aromatic carbocycles. The average Bonchev–Trinajstić information content (AvgIpc) is 3.89. The van der Waals surface area contributed by atoms with Crippen LogP contribution in [0.2, 0.25) is 0 Å². The minimum atomic E-state index is -4.11. The van der Waals surface area contributed by atoms with Gasteiger partial charge in [-0.1, -0.05) is 31.9 Å². The lowest BCUT2D eigenvalue weighted by Gasteiger charge is -2.28. The van der Waals surface area contributed by atoms with E-state index in [4.69, 9.17) is 10.5 Å². The zero-order chi connectivity index (χ0) is 33.8. The highest BCUT2D eigenvalue weighted by Gasteiger charge is 2.65. The van der Waals surface area contributed by atoms with Gasteiger partial charge in [0.05, 0.1) is 28.4 Å². The molecular formula is C32H42F2N6O6S. The number of sulfonamides is 1. The van der Waals surface area contributed by atoms with E-state index >= 15 is 8.78 Å². The number of amides is 3. The summed E-state index contributed by atoms with van der Waals surface area (Å²) >= 11 is 0. The summed E-state index contributed by atoms with van der Waals surface area (Å²) in [5.41, 5.74) is 6.32. The molecule has 0 radical (unpaired) electrons. The second-order valence-corrected chi connectivity index (χ2v) is 16.0. The van der Waals surface area contributed by atoms with Gasteiger partial charge in [-0.3, -0.25) is 19.1 Å². The fraction of sp³-hybridized carbons (Fsp3) is 0.656. The minimum absolute atomic E-state index is 0.00425. The van der Waals surface area contributed by atoms with Crippen molar-refractivity contribution in [1.29, 1.82) is 0 Å². The summed E-state index contributed by atoms with van der Waals surface area (Å²) in [6, 6.07) is 5.19. The molecule has 2 saturated heterocycles. The number of carbonyl (C=O) groups is 3. The first-order chi connectivity index (χ1) is 22.2. The van der Waals surface area contributed by atoms with E-state index in [1.165, 1.54) is 11.8 Å². The van der Waals surface area contributed by atoms with Crippen LogP contribution in [0.15, 0.2) is 24.3 Å². The van der Waals surface area contributed by atoms with Crippen molar-refractivity contribution in [2.75, 3.05) is 6.54 Å². The van der Waals surface area contributed by atoms with Gasteiger partial charge in [0.15, 0.2) is 0 Å². The van der Waals surface area contributed by atoms with E-state index in [0.717, 1.165) is 0 Å². The van der Waals surface area contributed by atoms with Crippen LogP contribution in [-0.4, -0.2) is 81.9 Å². The maximum Gasteiger partial charge on any atom is 0.259 e. The molecule has 6 rings (SSSR count). The standard InChI is InChI=1S/C32H42F2N6O6S/c1-3-22-27(37-24-11-7-6-10-23(24)36-22)46-20-15-25-26(41)38-32(29(43)39-47(44,45)30(2)13-14-30)17-19(32)16-31(33,34)12-8-4-5-9-21(35)28(42)40(25)18-20/h6-7,10-11,19-21,25H,3-5,8-9,12-18,35H2,1-2H3,(H,38,41)(H,39,43). The average molecular weight is 677 g/mol. The second kappa shape index (κ2) is 12.2. The number of hydrogen-bond acceptors (Lipinski definition) is 9. The highest BCUT2D eigenvalue weighted by molar-refractivity contribution is 7.91. The lowest BCUT2D eigenvalue weighted by atomic mass is 10.0. The lowest BCUT2D eigenvalue weighted by Crippen LogP contribution is -2.58. The number of nitrogens with one attached hydrogen (secondary N) is 2. The number of alkyl halides is 2. The fourth-order valence-electron chi connectivity index (χ4n) is 6.75. The molecule has 1 aromatic heterocycles. The van der Waals surface area contributed by atoms with E-state index in [1.807, 2.05) is 25.1 Å². The third-order valence-electron chi connectivity index (χ3n) is 10.2. The number of carbonyl (C=O) groups excluding carboxylic acids is 3. The normalized spacial score (nSPS) is 30.7. The van der Waals surface area contributed by atoms with Gasteiger partial charge in [-0.2, -0.15) is 0 Å². The predicted molar refractivity (Wildman–Crippen MR) is 168 cm³/mol. The first kappa shape index (κ1) is 33.4. The number of aryl methyl sites for hydroxylation is 1. The third kappa shape index (κ3) is 6.65. The van der Waals surface area contributed by atoms with Gasteiger partial charge in [-0.15, -0.1) is 0 Å². The molecule has 4 fully saturated rings. The monoisotopic (exact) mass is 676 g/mol. The number of halogens is 2. The number of nitrogens with two attached hydrogens (primary N) is 1. The van der Waals surface area contributed by atoms with Gasteiger partial charge in [0.1, 0.15) is 23.4 Å². The molecule has 2 saturated carbocycles. The van der Waals surface area contributed by atoms with Crippen LogP contribution in [0.25, 0.3) is 11.0 Å². The van der Waals surface area contributed by atoms with Gasteiger partial charge in [-0.25, -0.2) is 27.2 Å². The lowest BCUT2D eigenvalue weighted by molar-refractivity contribution is -0.140. The molecule has 256 valence electrons. The van der Waals surface area contributed by atoms with E-state index in [-0.39, 0.29) is 38.1 Å². The SMILES string of the molecule is CCc1nc2ccccc2nc1OC1CC2C(=O)NC3(C(=O)NS(=O)(=O)C4(C)CC4)CC3CC(F)(F)CCCCCC(N)C(=O)N2C1. The van der Waals surface area contributed by atoms with Crippen molar-refractivity contribution >= 4 is 38.8 Å². The Morgan fingerprint density at radius 2 is 1.81 bits per heavy atom. The summed E-state index contributed by atoms with van der Waals surface area (Å²) in [5, 5.41) is 2.64. The Morgan fingerprint density at radius 1 is 1.11 bits per heavy atom. The smallest absolute Gasteiger partial charge is 0.259 e. The Bertz CT molecular complexity index is 1690. The number of hydrogen-bond donors (Lipinski definition) is 3. The molecule has 2 aliphatic carbocycles. The molecule has 5 unspecified atom stereocenters. The quantitative estimate of drug-likeness (QED) is 0.416. The van der Waals surface area contributed by atoms with Gasteiger partial charge in [0, 0.05) is 19.3 Å². The molecule has 15 heteroatoms. The largest absolute Gasteiger partial charge is 0.471 e. The van der Waals surface area contributed by atoms with Gasteiger partial charge in [0.2, 0.25) is 33.6 Å². The molecule has 4 aliphatic rings. The number of aromatic nitrogens is 2. The zero-order valence-electron chi connectivity index (χ0n) is 26.6. The third-order valence-corrected chi connectivity index (χ3v) is 12.3. The maximum atomic E-state index is 15.1. The van der Waals surface area contributed by atoms with Crippen LogP contribution < -0.4 is 20.5 Å². The first-order valence-electron chi connectivity index (χ1n) is 16.4. The van der Waals surface area contributed by atoms with E-state index in [0.29, 0.717) is 48.8 Å². The van der Waals surface area contributed by atoms with Gasteiger partial charge < -0.3 is 20.7 Å². The number of para-hydroxylation sites is 2. The number of benzene rings is 1. The molecule has 3 amide bonds. The van der Waals surface area contributed by atoms with Crippen molar-refractivity contribution in [3.05, 3.63) is 30.0 Å². The van der Waals surface area contributed by atoms with Crippen molar-refractivity contribution in [3.63, 3.8) is 0 Å². The summed E-state index contributed by atoms with van der Waals surface area (Å²) in [5.74, 6) is -6.14. The number of fused-ring (bicyclic) bond motifs is 3. The van der Waals surface area contributed by atoms with Crippen LogP contribution in [0.5, 0.6) is 5.88 Å². The zero-order valence-corrected chi connectivity index (χ0v) is 27.5. The Labute approximate surface area is 272 Å². The van der Waals surface area contributed by atoms with E-state index in [1.54, 1.807) is 6.07 Å².